The van der Waals surface area contributed by atoms with Crippen molar-refractivity contribution < 1.29 is 0 Å². The number of hydrogen-bond donors (Lipinski definition) is 2. The minimum absolute atomic E-state index is 0.430. The Morgan fingerprint density at radius 1 is 1.35 bits per heavy atom. The number of unbranched alkanes of at least 4 members (excludes halogenated alkanes) is 1. The molecule has 1 rings (SSSR count). The molecule has 1 aromatic heterocycles. The van der Waals surface area contributed by atoms with Crippen molar-refractivity contribution in [2.45, 2.75) is 53.0 Å². The van der Waals surface area contributed by atoms with Crippen molar-refractivity contribution in [3.8, 4) is 0 Å². The fraction of sp³-hybridized carbons (Fsp3) is 0.733. The molecule has 0 amide bonds. The third-order valence-corrected chi connectivity index (χ3v) is 4.39. The molecule has 0 radical (unpaired) electrons. The Balaban J connectivity index is 2.16. The van der Waals surface area contributed by atoms with E-state index < -0.39 is 0 Å². The van der Waals surface area contributed by atoms with Crippen LogP contribution in [0.5, 0.6) is 0 Å². The number of aryl methyl sites for hydroxylation is 2. The van der Waals surface area contributed by atoms with E-state index in [0.717, 1.165) is 37.5 Å². The molecule has 0 spiro atoms. The van der Waals surface area contributed by atoms with Crippen LogP contribution in [-0.4, -0.2) is 30.6 Å². The summed E-state index contributed by atoms with van der Waals surface area (Å²) in [7, 11) is 1.82. The SMILES string of the molecule is CN=C(NCCCCc1nc(C)cs1)NC(C)C(C)C. The molecule has 0 aromatic carbocycles. The molecule has 2 N–H and O–H groups in total. The molecule has 5 heteroatoms. The Hall–Kier alpha value is -1.10. The Morgan fingerprint density at radius 2 is 2.10 bits per heavy atom. The van der Waals surface area contributed by atoms with E-state index in [-0.39, 0.29) is 0 Å². The lowest BCUT2D eigenvalue weighted by molar-refractivity contribution is 0.480. The number of thiazole rings is 1. The maximum atomic E-state index is 4.48. The molecule has 1 heterocycles. The predicted molar refractivity (Wildman–Crippen MR) is 88.6 cm³/mol. The van der Waals surface area contributed by atoms with Gasteiger partial charge in [-0.15, -0.1) is 11.3 Å². The molecule has 20 heavy (non-hydrogen) atoms. The lowest BCUT2D eigenvalue weighted by Gasteiger charge is -2.20. The number of hydrogen-bond acceptors (Lipinski definition) is 3. The lowest BCUT2D eigenvalue weighted by Crippen LogP contribution is -2.44. The smallest absolute Gasteiger partial charge is 0.191 e. The molecule has 0 bridgehead atoms. The summed E-state index contributed by atoms with van der Waals surface area (Å²) in [5.41, 5.74) is 1.13. The Morgan fingerprint density at radius 3 is 2.65 bits per heavy atom. The van der Waals surface area contributed by atoms with Crippen molar-refractivity contribution >= 4 is 17.3 Å². The van der Waals surface area contributed by atoms with Crippen LogP contribution in [-0.2, 0) is 6.42 Å². The minimum atomic E-state index is 0.430. The fourth-order valence-corrected chi connectivity index (χ4v) is 2.52. The van der Waals surface area contributed by atoms with Crippen molar-refractivity contribution in [2.75, 3.05) is 13.6 Å². The monoisotopic (exact) mass is 296 g/mol. The van der Waals surface area contributed by atoms with Crippen LogP contribution in [0, 0.1) is 12.8 Å². The maximum Gasteiger partial charge on any atom is 0.191 e. The Kier molecular flexibility index (Phi) is 7.59. The van der Waals surface area contributed by atoms with Gasteiger partial charge in [-0.2, -0.15) is 0 Å². The van der Waals surface area contributed by atoms with Crippen LogP contribution in [0.1, 0.15) is 44.3 Å². The van der Waals surface area contributed by atoms with Crippen LogP contribution < -0.4 is 10.6 Å². The molecule has 0 fully saturated rings. The largest absolute Gasteiger partial charge is 0.356 e. The van der Waals surface area contributed by atoms with Crippen LogP contribution in [0.4, 0.5) is 0 Å². The first-order valence-electron chi connectivity index (χ1n) is 7.41. The molecular weight excluding hydrogens is 268 g/mol. The van der Waals surface area contributed by atoms with Gasteiger partial charge in [-0.25, -0.2) is 4.98 Å². The van der Waals surface area contributed by atoms with Crippen LogP contribution in [0.3, 0.4) is 0 Å². The summed E-state index contributed by atoms with van der Waals surface area (Å²) in [5.74, 6) is 1.50. The summed E-state index contributed by atoms with van der Waals surface area (Å²) in [4.78, 5) is 8.73. The van der Waals surface area contributed by atoms with Gasteiger partial charge in [0.25, 0.3) is 0 Å². The van der Waals surface area contributed by atoms with E-state index in [2.05, 4.69) is 46.8 Å². The fourth-order valence-electron chi connectivity index (χ4n) is 1.70. The molecule has 4 nitrogen and oxygen atoms in total. The van der Waals surface area contributed by atoms with Gasteiger partial charge >= 0.3 is 0 Å². The van der Waals surface area contributed by atoms with Gasteiger partial charge in [0.15, 0.2) is 5.96 Å². The van der Waals surface area contributed by atoms with E-state index in [4.69, 9.17) is 0 Å². The molecule has 1 aromatic rings. The molecule has 0 saturated heterocycles. The first-order valence-corrected chi connectivity index (χ1v) is 8.29. The third-order valence-electron chi connectivity index (χ3n) is 3.36. The van der Waals surface area contributed by atoms with Gasteiger partial charge < -0.3 is 10.6 Å². The van der Waals surface area contributed by atoms with Gasteiger partial charge in [0.2, 0.25) is 0 Å². The second-order valence-electron chi connectivity index (χ2n) is 5.52. The number of rotatable bonds is 7. The second kappa shape index (κ2) is 8.95. The molecule has 0 saturated carbocycles. The van der Waals surface area contributed by atoms with Gasteiger partial charge in [-0.3, -0.25) is 4.99 Å². The molecule has 0 aliphatic heterocycles. The van der Waals surface area contributed by atoms with Gasteiger partial charge in [-0.05, 0) is 39.0 Å². The number of nitrogens with zero attached hydrogens (tertiary/aromatic N) is 2. The average Bonchev–Trinajstić information content (AvgIpc) is 2.82. The van der Waals surface area contributed by atoms with E-state index in [1.165, 1.54) is 5.01 Å². The second-order valence-corrected chi connectivity index (χ2v) is 6.46. The summed E-state index contributed by atoms with van der Waals surface area (Å²) < 4.78 is 0. The highest BCUT2D eigenvalue weighted by Crippen LogP contribution is 2.11. The summed E-state index contributed by atoms with van der Waals surface area (Å²) in [5, 5.41) is 10.1. The molecule has 1 unspecified atom stereocenters. The van der Waals surface area contributed by atoms with Gasteiger partial charge in [0.05, 0.1) is 5.01 Å². The van der Waals surface area contributed by atoms with Gasteiger partial charge in [0, 0.05) is 30.7 Å². The van der Waals surface area contributed by atoms with E-state index in [1.54, 1.807) is 11.3 Å². The molecule has 0 aliphatic carbocycles. The highest BCUT2D eigenvalue weighted by Gasteiger charge is 2.08. The maximum absolute atomic E-state index is 4.48. The normalized spacial score (nSPS) is 13.6. The van der Waals surface area contributed by atoms with Crippen LogP contribution in [0.25, 0.3) is 0 Å². The number of guanidine groups is 1. The van der Waals surface area contributed by atoms with E-state index in [1.807, 2.05) is 14.0 Å². The zero-order chi connectivity index (χ0) is 15.0. The number of nitrogens with one attached hydrogen (secondary N) is 2. The molecule has 0 aliphatic rings. The number of aliphatic imine (C=N–C) groups is 1. The lowest BCUT2D eigenvalue weighted by atomic mass is 10.1. The Bertz CT molecular complexity index is 412. The van der Waals surface area contributed by atoms with Crippen LogP contribution >= 0.6 is 11.3 Å². The molecular formula is C15H28N4S. The van der Waals surface area contributed by atoms with Gasteiger partial charge in [-0.1, -0.05) is 13.8 Å². The third kappa shape index (κ3) is 6.37. The summed E-state index contributed by atoms with van der Waals surface area (Å²) in [6.45, 7) is 9.60. The highest BCUT2D eigenvalue weighted by atomic mass is 32.1. The standard InChI is InChI=1S/C15H28N4S/c1-11(2)13(4)19-15(16-5)17-9-7-6-8-14-18-12(3)10-20-14/h10-11,13H,6-9H2,1-5H3,(H2,16,17,19). The highest BCUT2D eigenvalue weighted by molar-refractivity contribution is 7.09. The predicted octanol–water partition coefficient (Wildman–Crippen LogP) is 2.98. The zero-order valence-corrected chi connectivity index (χ0v) is 14.2. The van der Waals surface area contributed by atoms with Crippen molar-refractivity contribution in [2.24, 2.45) is 10.9 Å². The molecule has 1 atom stereocenters. The van der Waals surface area contributed by atoms with Crippen LogP contribution in [0.15, 0.2) is 10.4 Å². The summed E-state index contributed by atoms with van der Waals surface area (Å²) in [6, 6.07) is 0.430. The van der Waals surface area contributed by atoms with Crippen molar-refractivity contribution in [3.63, 3.8) is 0 Å². The Labute approximate surface area is 127 Å². The summed E-state index contributed by atoms with van der Waals surface area (Å²) >= 11 is 1.76. The van der Waals surface area contributed by atoms with E-state index in [0.29, 0.717) is 12.0 Å². The summed E-state index contributed by atoms with van der Waals surface area (Å²) in [6.07, 6.45) is 3.38. The minimum Gasteiger partial charge on any atom is -0.356 e. The van der Waals surface area contributed by atoms with Crippen LogP contribution in [0.2, 0.25) is 0 Å². The molecule has 114 valence electrons. The average molecular weight is 296 g/mol. The van der Waals surface area contributed by atoms with Crippen molar-refractivity contribution in [1.82, 2.24) is 15.6 Å². The first kappa shape index (κ1) is 17.0. The van der Waals surface area contributed by atoms with Crippen molar-refractivity contribution in [1.29, 1.82) is 0 Å². The topological polar surface area (TPSA) is 49.3 Å². The van der Waals surface area contributed by atoms with E-state index >= 15 is 0 Å². The first-order chi connectivity index (χ1) is 9.52. The van der Waals surface area contributed by atoms with Gasteiger partial charge in [0.1, 0.15) is 0 Å². The zero-order valence-electron chi connectivity index (χ0n) is 13.4. The van der Waals surface area contributed by atoms with Crippen molar-refractivity contribution in [3.05, 3.63) is 16.1 Å². The van der Waals surface area contributed by atoms with E-state index in [9.17, 15) is 0 Å². The number of aromatic nitrogens is 1. The quantitative estimate of drug-likeness (QED) is 0.462.